The van der Waals surface area contributed by atoms with Gasteiger partial charge in [0.1, 0.15) is 5.25 Å². The molecule has 0 aromatic carbocycles. The third-order valence-corrected chi connectivity index (χ3v) is 2.31. The summed E-state index contributed by atoms with van der Waals surface area (Å²) in [6.45, 7) is 3.69. The molecule has 0 saturated heterocycles. The molecular formula is C7H14O3S. The number of ether oxygens (including phenoxy) is 1. The molecule has 0 aliphatic carbocycles. The zero-order valence-electron chi connectivity index (χ0n) is 7.03. The number of esters is 1. The first-order chi connectivity index (χ1) is 5.13. The largest absolute Gasteiger partial charge is 0.465 e. The number of aliphatic hydroxyl groups is 1. The van der Waals surface area contributed by atoms with Crippen molar-refractivity contribution in [3.05, 3.63) is 0 Å². The van der Waals surface area contributed by atoms with Crippen molar-refractivity contribution in [3.63, 3.8) is 0 Å². The number of carbonyl (C=O) groups excluding carboxylic acids is 1. The van der Waals surface area contributed by atoms with Crippen LogP contribution in [-0.4, -0.2) is 35.3 Å². The summed E-state index contributed by atoms with van der Waals surface area (Å²) in [5.41, 5.74) is 0. The maximum atomic E-state index is 11.0. The fourth-order valence-electron chi connectivity index (χ4n) is 0.714. The maximum absolute atomic E-state index is 11.0. The minimum Gasteiger partial charge on any atom is -0.465 e. The molecule has 0 heterocycles. The van der Waals surface area contributed by atoms with Crippen LogP contribution in [0.25, 0.3) is 0 Å². The molecule has 0 aromatic rings. The molecule has 3 nitrogen and oxygen atoms in total. The number of rotatable bonds is 4. The van der Waals surface area contributed by atoms with E-state index in [1.807, 2.05) is 0 Å². The van der Waals surface area contributed by atoms with Crippen molar-refractivity contribution < 1.29 is 14.6 Å². The third kappa shape index (κ3) is 3.62. The van der Waals surface area contributed by atoms with Crippen molar-refractivity contribution in [1.82, 2.24) is 0 Å². The van der Waals surface area contributed by atoms with Crippen LogP contribution in [0.15, 0.2) is 0 Å². The quantitative estimate of drug-likeness (QED) is 0.642. The first-order valence-corrected chi connectivity index (χ1v) is 4.79. The third-order valence-electron chi connectivity index (χ3n) is 1.21. The number of hydrogen-bond donors (Lipinski definition) is 1. The van der Waals surface area contributed by atoms with Gasteiger partial charge in [-0.1, -0.05) is 0 Å². The summed E-state index contributed by atoms with van der Waals surface area (Å²) < 4.78 is 4.74. The maximum Gasteiger partial charge on any atom is 0.321 e. The van der Waals surface area contributed by atoms with Crippen molar-refractivity contribution in [1.29, 1.82) is 0 Å². The molecule has 66 valence electrons. The van der Waals surface area contributed by atoms with Crippen LogP contribution in [0.5, 0.6) is 0 Å². The predicted molar refractivity (Wildman–Crippen MR) is 45.6 cm³/mol. The van der Waals surface area contributed by atoms with E-state index < -0.39 is 11.4 Å². The van der Waals surface area contributed by atoms with E-state index in [0.29, 0.717) is 6.61 Å². The smallest absolute Gasteiger partial charge is 0.321 e. The Morgan fingerprint density at radius 2 is 2.27 bits per heavy atom. The van der Waals surface area contributed by atoms with Gasteiger partial charge in [0.25, 0.3) is 0 Å². The lowest BCUT2D eigenvalue weighted by molar-refractivity contribution is -0.144. The van der Waals surface area contributed by atoms with Gasteiger partial charge in [-0.25, -0.2) is 0 Å². The second-order valence-electron chi connectivity index (χ2n) is 2.15. The van der Waals surface area contributed by atoms with Crippen molar-refractivity contribution in [3.8, 4) is 0 Å². The molecule has 0 aliphatic rings. The van der Waals surface area contributed by atoms with Crippen LogP contribution in [0, 0.1) is 0 Å². The molecule has 0 radical (unpaired) electrons. The average Bonchev–Trinajstić information content (AvgIpc) is 1.88. The topological polar surface area (TPSA) is 46.5 Å². The number of aliphatic hydroxyl groups excluding tert-OH is 1. The molecule has 0 rings (SSSR count). The molecule has 0 saturated carbocycles. The van der Waals surface area contributed by atoms with E-state index in [0.717, 1.165) is 0 Å². The van der Waals surface area contributed by atoms with E-state index in [-0.39, 0.29) is 5.97 Å². The summed E-state index contributed by atoms with van der Waals surface area (Å²) in [5.74, 6) is -0.338. The summed E-state index contributed by atoms with van der Waals surface area (Å²) in [6.07, 6.45) is 1.12. The standard InChI is InChI=1S/C7H14O3S/c1-4-10-7(9)6(11-3)5(2)8/h5-6,8H,4H2,1-3H3. The minimum absolute atomic E-state index is 0.338. The highest BCUT2D eigenvalue weighted by atomic mass is 32.2. The molecular weight excluding hydrogens is 164 g/mol. The minimum atomic E-state index is -0.649. The van der Waals surface area contributed by atoms with Gasteiger partial charge in [0.05, 0.1) is 12.7 Å². The highest BCUT2D eigenvalue weighted by molar-refractivity contribution is 7.99. The molecule has 1 N–H and O–H groups in total. The van der Waals surface area contributed by atoms with Gasteiger partial charge in [-0.05, 0) is 20.1 Å². The van der Waals surface area contributed by atoms with Gasteiger partial charge in [-0.3, -0.25) is 4.79 Å². The normalized spacial score (nSPS) is 15.6. The highest BCUT2D eigenvalue weighted by Gasteiger charge is 2.23. The van der Waals surface area contributed by atoms with Gasteiger partial charge in [-0.15, -0.1) is 11.8 Å². The second kappa shape index (κ2) is 5.43. The number of thioether (sulfide) groups is 1. The van der Waals surface area contributed by atoms with Crippen LogP contribution in [-0.2, 0) is 9.53 Å². The fraction of sp³-hybridized carbons (Fsp3) is 0.857. The highest BCUT2D eigenvalue weighted by Crippen LogP contribution is 2.12. The van der Waals surface area contributed by atoms with E-state index in [9.17, 15) is 4.79 Å². The van der Waals surface area contributed by atoms with Gasteiger partial charge < -0.3 is 9.84 Å². The van der Waals surface area contributed by atoms with Crippen molar-refractivity contribution >= 4 is 17.7 Å². The lowest BCUT2D eigenvalue weighted by Gasteiger charge is -2.14. The molecule has 4 heteroatoms. The lowest BCUT2D eigenvalue weighted by Crippen LogP contribution is -2.30. The zero-order chi connectivity index (χ0) is 8.85. The summed E-state index contributed by atoms with van der Waals surface area (Å²) >= 11 is 1.30. The Labute approximate surface area is 71.1 Å². The van der Waals surface area contributed by atoms with Crippen LogP contribution in [0.2, 0.25) is 0 Å². The van der Waals surface area contributed by atoms with Crippen LogP contribution in [0.3, 0.4) is 0 Å². The Hall–Kier alpha value is -0.220. The van der Waals surface area contributed by atoms with Gasteiger partial charge >= 0.3 is 5.97 Å². The predicted octanol–water partition coefficient (Wildman–Crippen LogP) is 0.662. The Morgan fingerprint density at radius 1 is 1.73 bits per heavy atom. The van der Waals surface area contributed by atoms with Crippen LogP contribution in [0.4, 0.5) is 0 Å². The van der Waals surface area contributed by atoms with Gasteiger partial charge in [0.15, 0.2) is 0 Å². The Kier molecular flexibility index (Phi) is 5.32. The van der Waals surface area contributed by atoms with E-state index in [2.05, 4.69) is 0 Å². The van der Waals surface area contributed by atoms with Crippen LogP contribution < -0.4 is 0 Å². The molecule has 2 unspecified atom stereocenters. The monoisotopic (exact) mass is 178 g/mol. The summed E-state index contributed by atoms with van der Waals surface area (Å²) in [7, 11) is 0. The Bertz CT molecular complexity index is 125. The second-order valence-corrected chi connectivity index (χ2v) is 3.13. The number of hydrogen-bond acceptors (Lipinski definition) is 4. The fourth-order valence-corrected chi connectivity index (χ4v) is 1.37. The molecule has 0 fully saturated rings. The van der Waals surface area contributed by atoms with E-state index >= 15 is 0 Å². The lowest BCUT2D eigenvalue weighted by atomic mass is 10.3. The molecule has 2 atom stereocenters. The molecule has 0 spiro atoms. The van der Waals surface area contributed by atoms with Gasteiger partial charge in [0, 0.05) is 0 Å². The van der Waals surface area contributed by atoms with Crippen molar-refractivity contribution in [2.75, 3.05) is 12.9 Å². The Balaban J connectivity index is 3.92. The molecule has 0 aromatic heterocycles. The number of carbonyl (C=O) groups is 1. The van der Waals surface area contributed by atoms with Crippen molar-refractivity contribution in [2.24, 2.45) is 0 Å². The molecule has 0 amide bonds. The van der Waals surface area contributed by atoms with Gasteiger partial charge in [-0.2, -0.15) is 0 Å². The summed E-state index contributed by atoms with van der Waals surface area (Å²) in [6, 6.07) is 0. The van der Waals surface area contributed by atoms with E-state index in [4.69, 9.17) is 9.84 Å². The molecule has 0 bridgehead atoms. The van der Waals surface area contributed by atoms with E-state index in [1.54, 1.807) is 20.1 Å². The van der Waals surface area contributed by atoms with Crippen LogP contribution in [0.1, 0.15) is 13.8 Å². The van der Waals surface area contributed by atoms with Crippen molar-refractivity contribution in [2.45, 2.75) is 25.2 Å². The Morgan fingerprint density at radius 3 is 2.55 bits per heavy atom. The molecule has 0 aliphatic heterocycles. The molecule has 11 heavy (non-hydrogen) atoms. The summed E-state index contributed by atoms with van der Waals surface area (Å²) in [4.78, 5) is 11.0. The summed E-state index contributed by atoms with van der Waals surface area (Å²) in [5, 5.41) is 8.64. The van der Waals surface area contributed by atoms with Crippen LogP contribution >= 0.6 is 11.8 Å². The SMILES string of the molecule is CCOC(=O)C(SC)C(C)O. The first kappa shape index (κ1) is 10.8. The average molecular weight is 178 g/mol. The van der Waals surface area contributed by atoms with Gasteiger partial charge in [0.2, 0.25) is 0 Å². The van der Waals surface area contributed by atoms with E-state index in [1.165, 1.54) is 11.8 Å². The first-order valence-electron chi connectivity index (χ1n) is 3.51. The zero-order valence-corrected chi connectivity index (χ0v) is 7.85.